The van der Waals surface area contributed by atoms with E-state index in [1.54, 1.807) is 60.9 Å². The number of aromatic hydroxyl groups is 1. The lowest BCUT2D eigenvalue weighted by Gasteiger charge is -2.36. The highest BCUT2D eigenvalue weighted by Gasteiger charge is 2.45. The number of amides is 17. The monoisotopic (exact) mass is 1710 g/mol. The molecular formula is C82H111N19O20S. The van der Waals surface area contributed by atoms with E-state index in [0.717, 1.165) is 26.5 Å². The molecule has 2 aromatic heterocycles. The minimum atomic E-state index is -1.75. The largest absolute Gasteiger partial charge is 0.508 e. The minimum Gasteiger partial charge on any atom is -0.508 e. The van der Waals surface area contributed by atoms with Crippen LogP contribution in [0.2, 0.25) is 0 Å². The lowest BCUT2D eigenvalue weighted by Crippen LogP contribution is -2.59. The Morgan fingerprint density at radius 2 is 1.08 bits per heavy atom. The number of benzene rings is 3. The number of ketones is 1. The number of Topliss-reactive ketones (excluding diaryl/α,β-unsaturated/α-hetero) is 1. The molecule has 0 bridgehead atoms. The molecule has 3 aliphatic heterocycles. The Morgan fingerprint density at radius 1 is 0.541 bits per heavy atom. The molecule has 3 aromatic carbocycles. The van der Waals surface area contributed by atoms with Crippen molar-refractivity contribution in [1.82, 2.24) is 82.3 Å². The minimum absolute atomic E-state index is 0.00318. The van der Waals surface area contributed by atoms with Crippen LogP contribution in [-0.4, -0.2) is 289 Å². The molecular weight excluding hydrogens is 1600 g/mol. The zero-order chi connectivity index (χ0) is 89.2. The van der Waals surface area contributed by atoms with Crippen LogP contribution in [0.3, 0.4) is 0 Å². The average Bonchev–Trinajstić information content (AvgIpc) is 1.73. The molecule has 17 amide bonds. The summed E-state index contributed by atoms with van der Waals surface area (Å²) in [5.74, 6) is -18.4. The van der Waals surface area contributed by atoms with E-state index in [4.69, 9.17) is 17.2 Å². The van der Waals surface area contributed by atoms with Gasteiger partial charge in [-0.25, -0.2) is 0 Å². The van der Waals surface area contributed by atoms with E-state index in [0.29, 0.717) is 64.2 Å². The van der Waals surface area contributed by atoms with E-state index >= 15 is 9.59 Å². The summed E-state index contributed by atoms with van der Waals surface area (Å²) in [5, 5.41) is 45.5. The molecule has 40 heteroatoms. The number of carbonyl (C=O) groups excluding carboxylic acids is 18. The number of likely N-dealkylation sites (N-methyl/N-ethyl adjacent to an activating group) is 3. The van der Waals surface area contributed by atoms with Crippen molar-refractivity contribution in [3.8, 4) is 5.75 Å². The first-order valence-electron chi connectivity index (χ1n) is 40.6. The molecule has 3 aliphatic rings. The third kappa shape index (κ3) is 26.5. The SMILES string of the molecule is CCCC[C@H]1C(=O)N(C)[C@@H](CCCC)C(=O)NCC(=O)N[C@H](C(=O)NCC(N)=O)CSCC(=O)N[C@@H](Cc2ccc(O)cc2)C(=O)N(C)[C@@H](C)C(=O)N[C@@H](CC(N)=O)C(=O)N2CCC[C@H]2C(=O)NCC(=O)N[C@@H](CCC(N)=O)C(=O)N2C[C@H](O)C[C@H]2C(=O)C[C@@H](Cc2c[nH]c3ccccc23)C(=O)NCC(=O)N[C@@H](Cc2c[nH]c3ccccc23)C(=O)N1C. The van der Waals surface area contributed by atoms with Crippen LogP contribution in [0.4, 0.5) is 0 Å². The average molecular weight is 1710 g/mol. The van der Waals surface area contributed by atoms with Gasteiger partial charge in [0.2, 0.25) is 100 Å². The van der Waals surface area contributed by atoms with E-state index in [2.05, 4.69) is 57.8 Å². The Balaban J connectivity index is 1.12. The summed E-state index contributed by atoms with van der Waals surface area (Å²) in [7, 11) is 3.96. The van der Waals surface area contributed by atoms with E-state index in [9.17, 15) is 86.9 Å². The van der Waals surface area contributed by atoms with Gasteiger partial charge in [0.05, 0.1) is 50.5 Å². The molecule has 5 heterocycles. The Kier molecular flexibility index (Phi) is 35.2. The predicted molar refractivity (Wildman–Crippen MR) is 445 cm³/mol. The number of para-hydroxylation sites is 2. The molecule has 0 spiro atoms. The number of hydrogen-bond acceptors (Lipinski definition) is 21. The lowest BCUT2D eigenvalue weighted by atomic mass is 9.90. The zero-order valence-electron chi connectivity index (χ0n) is 69.1. The molecule has 122 heavy (non-hydrogen) atoms. The predicted octanol–water partition coefficient (Wildman–Crippen LogP) is -2.95. The first-order chi connectivity index (χ1) is 58.1. The quantitative estimate of drug-likeness (QED) is 0.0370. The molecule has 19 N–H and O–H groups in total. The summed E-state index contributed by atoms with van der Waals surface area (Å²) in [6, 6.07) is 5.21. The number of nitrogens with one attached hydrogen (secondary N) is 11. The van der Waals surface area contributed by atoms with Gasteiger partial charge in [-0.15, -0.1) is 11.8 Å². The molecule has 0 aliphatic carbocycles. The Morgan fingerprint density at radius 3 is 1.69 bits per heavy atom. The Labute approximate surface area is 708 Å². The number of unbranched alkanes of at least 4 members (excludes halogenated alkanes) is 2. The van der Waals surface area contributed by atoms with E-state index in [1.807, 2.05) is 13.8 Å². The van der Waals surface area contributed by atoms with Gasteiger partial charge in [-0.05, 0) is 86.4 Å². The number of phenols is 1. The van der Waals surface area contributed by atoms with Crippen molar-refractivity contribution in [2.24, 2.45) is 23.1 Å². The number of fused-ring (bicyclic) bond motifs is 4. The molecule has 8 rings (SSSR count). The normalized spacial score (nSPS) is 24.3. The number of phenolic OH excluding ortho intramolecular Hbond substituents is 1. The number of aromatic nitrogens is 2. The number of rotatable bonds is 20. The smallest absolute Gasteiger partial charge is 0.246 e. The van der Waals surface area contributed by atoms with Crippen LogP contribution < -0.4 is 65.1 Å². The maximum atomic E-state index is 15.4. The molecule has 660 valence electrons. The number of aliphatic hydroxyl groups excluding tert-OH is 1. The number of nitrogens with zero attached hydrogens (tertiary/aromatic N) is 5. The van der Waals surface area contributed by atoms with Gasteiger partial charge < -0.3 is 110 Å². The van der Waals surface area contributed by atoms with Crippen molar-refractivity contribution in [1.29, 1.82) is 0 Å². The molecule has 39 nitrogen and oxygen atoms in total. The third-order valence-corrected chi connectivity index (χ3v) is 22.9. The molecule has 3 saturated heterocycles. The molecule has 3 fully saturated rings. The van der Waals surface area contributed by atoms with Crippen molar-refractivity contribution in [2.75, 3.05) is 71.9 Å². The summed E-state index contributed by atoms with van der Waals surface area (Å²) in [5.41, 5.74) is 19.4. The van der Waals surface area contributed by atoms with E-state index < -0.39 is 243 Å². The fourth-order valence-electron chi connectivity index (χ4n) is 15.1. The topological polar surface area (TPSA) is 582 Å². The van der Waals surface area contributed by atoms with E-state index in [1.165, 1.54) is 62.1 Å². The van der Waals surface area contributed by atoms with E-state index in [-0.39, 0.29) is 69.4 Å². The van der Waals surface area contributed by atoms with Crippen molar-refractivity contribution in [3.05, 3.63) is 102 Å². The first kappa shape index (κ1) is 95.0. The van der Waals surface area contributed by atoms with Gasteiger partial charge in [-0.1, -0.05) is 88.1 Å². The van der Waals surface area contributed by atoms with Crippen molar-refractivity contribution < 1.29 is 96.5 Å². The van der Waals surface area contributed by atoms with Gasteiger partial charge in [-0.2, -0.15) is 0 Å². The summed E-state index contributed by atoms with van der Waals surface area (Å²) >= 11 is 0.784. The molecule has 12 atom stereocenters. The summed E-state index contributed by atoms with van der Waals surface area (Å²) in [6.45, 7) is 1.32. The van der Waals surface area contributed by atoms with Gasteiger partial charge in [0.25, 0.3) is 0 Å². The number of H-pyrrole nitrogens is 2. The number of carbonyl (C=O) groups is 18. The number of nitrogens with two attached hydrogens (primary N) is 3. The standard InChI is InChI=1S/C82H111N19O20S/c1-7-9-20-61-76(115)90-41-71(110)95-60(75(114)88-38-68(85)107)43-122-44-72(111)94-57(30-46-23-25-50(102)26-24-46)78(117)97(4)45(3)73(112)96-59(35-67(84)106)81(120)100-29-15-22-62(100)77(116)91-40-69(108)92-56(27-28-66(83)105)80(119)101-42-51(103)34-64(101)65(104)33-47(31-48-36-86-54-18-13-11-16-52(48)54)74(113)89-39-70(109)93-58(32-49-37-87-55-19-14-12-17-53(49)55)79(118)99(6)63(21-10-8-2)82(121)98(61)5/h11-14,16-19,23-26,36-37,45,47,51,56-64,86-87,102-103H,7-10,15,20-22,27-35,38-44H2,1-6H3,(H2,83,105)(H2,84,106)(H2,85,107)(H,88,114)(H,89,113)(H,90,115)(H,91,116)(H,92,108)(H,93,109)(H,94,111)(H,95,110)(H,96,112)/t45-,47+,51+,56-,57-,58-,59-,60-,61-,62-,63-,64-/m0/s1. The van der Waals surface area contributed by atoms with Crippen LogP contribution >= 0.6 is 11.8 Å². The van der Waals surface area contributed by atoms with Gasteiger partial charge >= 0.3 is 0 Å². The van der Waals surface area contributed by atoms with Crippen LogP contribution in [-0.2, 0) is 106 Å². The summed E-state index contributed by atoms with van der Waals surface area (Å²) in [4.78, 5) is 266. The second-order valence-corrected chi connectivity index (χ2v) is 31.9. The van der Waals surface area contributed by atoms with Gasteiger partial charge in [0.1, 0.15) is 60.1 Å². The highest BCUT2D eigenvalue weighted by molar-refractivity contribution is 8.00. The van der Waals surface area contributed by atoms with Gasteiger partial charge in [-0.3, -0.25) is 86.3 Å². The first-order valence-corrected chi connectivity index (χ1v) is 41.7. The van der Waals surface area contributed by atoms with Crippen LogP contribution in [0.25, 0.3) is 21.8 Å². The van der Waals surface area contributed by atoms with Crippen molar-refractivity contribution in [3.63, 3.8) is 0 Å². The molecule has 5 aromatic rings. The third-order valence-electron chi connectivity index (χ3n) is 21.9. The molecule has 0 radical (unpaired) electrons. The molecule has 0 unspecified atom stereocenters. The number of thioether (sulfide) groups is 1. The van der Waals surface area contributed by atoms with Crippen LogP contribution in [0.1, 0.15) is 121 Å². The maximum Gasteiger partial charge on any atom is 0.246 e. The fraction of sp³-hybridized carbons (Fsp3) is 0.512. The maximum absolute atomic E-state index is 15.4. The van der Waals surface area contributed by atoms with Gasteiger partial charge in [0, 0.05) is 112 Å². The zero-order valence-corrected chi connectivity index (χ0v) is 69.9. The van der Waals surface area contributed by atoms with Crippen molar-refractivity contribution >= 4 is 140 Å². The number of aromatic amines is 2. The van der Waals surface area contributed by atoms with Crippen LogP contribution in [0.15, 0.2) is 85.2 Å². The molecule has 0 saturated carbocycles. The highest BCUT2D eigenvalue weighted by atomic mass is 32.2. The Bertz CT molecular complexity index is 4670. The number of hydrogen-bond donors (Lipinski definition) is 16. The Hall–Kier alpha value is -12.5. The number of aliphatic hydroxyl groups is 1. The van der Waals surface area contributed by atoms with Crippen LogP contribution in [0, 0.1) is 5.92 Å². The second kappa shape index (κ2) is 45.2. The number of primary amides is 3. The van der Waals surface area contributed by atoms with Crippen LogP contribution in [0.5, 0.6) is 5.75 Å². The summed E-state index contributed by atoms with van der Waals surface area (Å²) < 4.78 is 0. The summed E-state index contributed by atoms with van der Waals surface area (Å²) in [6.07, 6.45) is 0.915. The highest BCUT2D eigenvalue weighted by Crippen LogP contribution is 2.29. The lowest BCUT2D eigenvalue weighted by molar-refractivity contribution is -0.149. The fourth-order valence-corrected chi connectivity index (χ4v) is 15.9. The second-order valence-electron chi connectivity index (χ2n) is 30.9. The van der Waals surface area contributed by atoms with Gasteiger partial charge in [0.15, 0.2) is 5.78 Å². The van der Waals surface area contributed by atoms with Crippen molar-refractivity contribution in [2.45, 2.75) is 190 Å².